The second-order valence-corrected chi connectivity index (χ2v) is 34.3. The molecule has 0 amide bonds. The van der Waals surface area contributed by atoms with Gasteiger partial charge in [-0.05, 0) is 194 Å². The maximum atomic E-state index is 11.4. The van der Waals surface area contributed by atoms with Gasteiger partial charge in [0.2, 0.25) is 0 Å². The Balaban J connectivity index is 0.000000488. The minimum atomic E-state index is -0.183. The number of anilines is 4. The van der Waals surface area contributed by atoms with Crippen LogP contribution in [0.5, 0.6) is 0 Å². The maximum Gasteiger partial charge on any atom is 0.482 e. The van der Waals surface area contributed by atoms with Crippen molar-refractivity contribution in [1.82, 2.24) is 24.9 Å². The van der Waals surface area contributed by atoms with Gasteiger partial charge in [-0.2, -0.15) is 0 Å². The Kier molecular flexibility index (Phi) is 40.5. The molecular weight excluding hydrogens is 1690 g/mol. The molecule has 0 saturated heterocycles. The van der Waals surface area contributed by atoms with Crippen molar-refractivity contribution in [2.24, 2.45) is 9.98 Å². The van der Waals surface area contributed by atoms with Gasteiger partial charge in [-0.1, -0.05) is 70.7 Å². The van der Waals surface area contributed by atoms with E-state index in [-0.39, 0.29) is 115 Å². The zero-order valence-electron chi connectivity index (χ0n) is 43.8. The third-order valence-corrected chi connectivity index (χ3v) is 12.2. The van der Waals surface area contributed by atoms with E-state index in [1.165, 1.54) is 6.07 Å². The largest absolute Gasteiger partial charge is 0.482 e. The number of aromatic nitrogens is 5. The number of hydrogen-bond donors (Lipinski definition) is 9. The number of nitrogens with zero attached hydrogens (tertiary/aromatic N) is 4. The number of rotatable bonds is 6. The Bertz CT molecular complexity index is 3790. The fourth-order valence-electron chi connectivity index (χ4n) is 6.83. The molecule has 0 saturated carbocycles. The predicted octanol–water partition coefficient (Wildman–Crippen LogP) is 15.8. The van der Waals surface area contributed by atoms with E-state index in [9.17, 15) is 4.79 Å². The molecule has 0 unspecified atom stereocenters. The average Bonchev–Trinajstić information content (AvgIpc) is 3.38. The van der Waals surface area contributed by atoms with Crippen LogP contribution in [0.4, 0.5) is 23.1 Å². The molecule has 0 aliphatic rings. The van der Waals surface area contributed by atoms with Crippen LogP contribution < -0.4 is 38.5 Å². The Morgan fingerprint density at radius 3 is 1.53 bits per heavy atom. The zero-order valence-corrected chi connectivity index (χ0v) is 64.1. The second-order valence-electron chi connectivity index (χ2n) is 15.5. The van der Waals surface area contributed by atoms with Crippen LogP contribution in [0.1, 0.15) is 27.7 Å². The van der Waals surface area contributed by atoms with Crippen molar-refractivity contribution in [2.75, 3.05) is 48.3 Å². The van der Waals surface area contributed by atoms with E-state index in [2.05, 4.69) is 161 Å². The van der Waals surface area contributed by atoms with Crippen LogP contribution in [-0.2, 0) is 98.1 Å². The number of benzene rings is 5. The number of pyridine rings is 5. The van der Waals surface area contributed by atoms with E-state index in [0.717, 1.165) is 111 Å². The normalized spacial score (nSPS) is 10.5. The molecule has 10 rings (SSSR count). The molecule has 11 N–H and O–H groups in total. The van der Waals surface area contributed by atoms with Crippen LogP contribution in [0.25, 0.3) is 54.5 Å². The zero-order chi connectivity index (χ0) is 57.3. The third-order valence-electron chi connectivity index (χ3n) is 9.92. The van der Waals surface area contributed by atoms with Crippen molar-refractivity contribution in [3.8, 4) is 0 Å². The summed E-state index contributed by atoms with van der Waals surface area (Å²) in [4.78, 5) is 37.9. The molecule has 0 aliphatic heterocycles. The van der Waals surface area contributed by atoms with E-state index in [0.29, 0.717) is 32.6 Å². The number of H-pyrrole nitrogens is 3. The Morgan fingerprint density at radius 2 is 1.02 bits per heavy atom. The first-order valence-corrected chi connectivity index (χ1v) is 33.8. The number of hydrogen-bond acceptors (Lipinski definition) is 11. The SMILES string of the molecule is BrP(Br)Br.CCN=c1c[c-]c2cc(Cl)ccc2[nH]1.CCN=c1c[c-]c2cc(NCC)ccc2[nH]1.CCNc1cc(Br)c2cc(Cl)ccc2n1.Nc1cc(=O)c2cc(Cl)ccc2[nH]1.Nc1cc(Br)c2cc(Cl)ccc2n1.O[B]O.[Y].[Y].[Y]. The Hall–Kier alpha value is -0.963. The third kappa shape index (κ3) is 27.7. The predicted molar refractivity (Wildman–Crippen MR) is 351 cm³/mol. The van der Waals surface area contributed by atoms with Crippen LogP contribution >= 0.6 is 129 Å². The van der Waals surface area contributed by atoms with Crippen LogP contribution in [0.2, 0.25) is 20.1 Å². The first kappa shape index (κ1) is 78.0. The van der Waals surface area contributed by atoms with Crippen LogP contribution in [0.15, 0.2) is 145 Å². The van der Waals surface area contributed by atoms with Gasteiger partial charge >= 0.3 is 7.69 Å². The number of nitrogen functional groups attached to an aromatic ring is 2. The molecule has 10 aromatic rings. The first-order valence-electron chi connectivity index (χ1n) is 23.3. The standard InChI is InChI=1S/C13H16N3.C11H10BrClN2.C11H10ClN2.C9H6BrClN2.C9H7ClN2O.BH2O2.Br3P.3Y/c1-3-14-11-6-7-12-10(9-11)5-8-13(16-12)15-4-2;1-2-14-11-6-9(12)8-5-7(13)3-4-10(8)15-11;1-2-13-11-6-3-8-7-9(12)4-5-10(8)14-11;10-7-4-9(12)13-8-2-1-5(11)3-6(7)8;10-5-1-2-7-6(3-5)8(13)4-9(11)12-7;2-1-3;1-4(2)3;;;/h6-9,14H,3-4H2,1-2H3,(H,15,16);3-6H,2H2,1H3,(H,14,15);4-7H,2H2,1H3,(H,13,14);1-4H,(H2,12,13);1-4H,(H3,11,12,13);2-3H;;;;/q-1;;-1;;;;;;;. The summed E-state index contributed by atoms with van der Waals surface area (Å²) in [6.45, 7) is 11.5. The topological polar surface area (TPSA) is 232 Å². The molecule has 4 radical (unpaired) electrons. The van der Waals surface area contributed by atoms with Gasteiger partial charge in [0.25, 0.3) is 0 Å². The molecular formula is C53H51BBr5Cl4N11O3PY3-2. The molecule has 0 bridgehead atoms. The van der Waals surface area contributed by atoms with Crippen LogP contribution in [0.3, 0.4) is 0 Å². The summed E-state index contributed by atoms with van der Waals surface area (Å²) in [5.74, 6) is 1.74. The molecule has 81 heavy (non-hydrogen) atoms. The fourth-order valence-corrected chi connectivity index (χ4v) is 8.60. The van der Waals surface area contributed by atoms with Crippen LogP contribution in [0, 0.1) is 12.1 Å². The Labute approximate surface area is 608 Å². The molecule has 5 heterocycles. The molecule has 28 heteroatoms. The summed E-state index contributed by atoms with van der Waals surface area (Å²) in [5, 5.41) is 27.8. The van der Waals surface area contributed by atoms with Gasteiger partial charge in [0.1, 0.15) is 21.5 Å². The summed E-state index contributed by atoms with van der Waals surface area (Å²) < 4.78 is 1.74. The summed E-state index contributed by atoms with van der Waals surface area (Å²) >= 11 is 39.8. The fraction of sp³-hybridized carbons (Fsp3) is 0.151. The molecule has 0 spiro atoms. The van der Waals surface area contributed by atoms with Crippen molar-refractivity contribution in [3.63, 3.8) is 0 Å². The molecule has 5 aromatic carbocycles. The van der Waals surface area contributed by atoms with Gasteiger partial charge in [0.15, 0.2) is 5.43 Å². The number of aromatic amines is 3. The van der Waals surface area contributed by atoms with E-state index in [4.69, 9.17) is 67.9 Å². The van der Waals surface area contributed by atoms with Crippen molar-refractivity contribution in [2.45, 2.75) is 27.7 Å². The monoisotopic (exact) mass is 1730 g/mol. The number of nitrogens with one attached hydrogen (secondary N) is 5. The molecule has 418 valence electrons. The minimum Gasteiger partial charge on any atom is -0.429 e. The summed E-state index contributed by atoms with van der Waals surface area (Å²) in [7, 11) is 0. The van der Waals surface area contributed by atoms with Gasteiger partial charge in [-0.15, -0.1) is 47.2 Å². The van der Waals surface area contributed by atoms with Gasteiger partial charge in [0.05, 0.1) is 16.6 Å². The van der Waals surface area contributed by atoms with E-state index in [1.54, 1.807) is 30.3 Å². The second kappa shape index (κ2) is 42.0. The molecule has 5 aromatic heterocycles. The quantitative estimate of drug-likeness (QED) is 0.0437. The van der Waals surface area contributed by atoms with Crippen LogP contribution in [-0.4, -0.2) is 68.8 Å². The molecule has 0 aliphatic carbocycles. The minimum absolute atomic E-state index is 0. The molecule has 14 nitrogen and oxygen atoms in total. The van der Waals surface area contributed by atoms with Crippen molar-refractivity contribution < 1.29 is 108 Å². The summed E-state index contributed by atoms with van der Waals surface area (Å²) in [6.07, 6.45) is 0. The number of nitrogens with two attached hydrogens (primary N) is 2. The smallest absolute Gasteiger partial charge is 0.429 e. The van der Waals surface area contributed by atoms with Gasteiger partial charge in [-0.25, -0.2) is 9.97 Å². The van der Waals surface area contributed by atoms with Gasteiger partial charge < -0.3 is 57.1 Å². The summed E-state index contributed by atoms with van der Waals surface area (Å²) in [6, 6.07) is 43.3. The molecule has 0 atom stereocenters. The first-order chi connectivity index (χ1) is 37.3. The number of fused-ring (bicyclic) bond motifs is 5. The van der Waals surface area contributed by atoms with E-state index < -0.39 is 0 Å². The van der Waals surface area contributed by atoms with E-state index in [1.807, 2.05) is 87.5 Å². The average molecular weight is 1740 g/mol. The van der Waals surface area contributed by atoms with Crippen molar-refractivity contribution >= 4 is 214 Å². The molecule has 0 fully saturated rings. The summed E-state index contributed by atoms with van der Waals surface area (Å²) in [5.41, 5.74) is 18.4. The number of halogens is 9. The maximum absolute atomic E-state index is 11.4. The van der Waals surface area contributed by atoms with Crippen molar-refractivity contribution in [3.05, 3.63) is 184 Å². The van der Waals surface area contributed by atoms with E-state index >= 15 is 0 Å². The van der Waals surface area contributed by atoms with Gasteiger partial charge in [-0.3, -0.25) is 4.79 Å². The van der Waals surface area contributed by atoms with Gasteiger partial charge in [0, 0.05) is 182 Å². The van der Waals surface area contributed by atoms with Crippen molar-refractivity contribution in [1.29, 1.82) is 0 Å². The Morgan fingerprint density at radius 1 is 0.593 bits per heavy atom.